The minimum Gasteiger partial charge on any atom is -0.493 e. The van der Waals surface area contributed by atoms with E-state index in [1.807, 2.05) is 0 Å². The first kappa shape index (κ1) is 22.8. The molecule has 1 aromatic carbocycles. The number of amides is 2. The van der Waals surface area contributed by atoms with Gasteiger partial charge in [-0.25, -0.2) is 9.59 Å². The second-order valence-electron chi connectivity index (χ2n) is 5.64. The molecule has 0 radical (unpaired) electrons. The van der Waals surface area contributed by atoms with Gasteiger partial charge in [-0.1, -0.05) is 15.9 Å². The zero-order valence-corrected chi connectivity index (χ0v) is 18.4. The predicted octanol–water partition coefficient (Wildman–Crippen LogP) is 2.61. The molecule has 1 aromatic rings. The van der Waals surface area contributed by atoms with Crippen molar-refractivity contribution in [3.63, 3.8) is 0 Å². The molecule has 9 nitrogen and oxygen atoms in total. The van der Waals surface area contributed by atoms with Crippen LogP contribution >= 0.6 is 27.7 Å². The second kappa shape index (κ2) is 9.79. The third kappa shape index (κ3) is 5.10. The van der Waals surface area contributed by atoms with Gasteiger partial charge < -0.3 is 18.9 Å². The van der Waals surface area contributed by atoms with E-state index in [2.05, 4.69) is 25.4 Å². The van der Waals surface area contributed by atoms with Crippen LogP contribution in [0.1, 0.15) is 12.5 Å². The van der Waals surface area contributed by atoms with Gasteiger partial charge in [0.15, 0.2) is 18.1 Å². The molecule has 1 aliphatic heterocycles. The van der Waals surface area contributed by atoms with Crippen LogP contribution in [0.5, 0.6) is 11.5 Å². The minimum absolute atomic E-state index is 0.136. The molecule has 0 unspecified atom stereocenters. The summed E-state index contributed by atoms with van der Waals surface area (Å²) in [6.07, 6.45) is 1.49. The summed E-state index contributed by atoms with van der Waals surface area (Å²) in [4.78, 5) is 48.8. The first-order chi connectivity index (χ1) is 13.7. The molecule has 0 bridgehead atoms. The van der Waals surface area contributed by atoms with E-state index in [1.165, 1.54) is 34.3 Å². The van der Waals surface area contributed by atoms with E-state index in [1.54, 1.807) is 12.1 Å². The lowest BCUT2D eigenvalue weighted by Gasteiger charge is -2.18. The fourth-order valence-corrected chi connectivity index (χ4v) is 3.70. The summed E-state index contributed by atoms with van der Waals surface area (Å²) in [5.74, 6) is -1.25. The number of carbonyl (C=O) groups excluding carboxylic acids is 4. The number of imide groups is 1. The van der Waals surface area contributed by atoms with E-state index in [0.29, 0.717) is 27.5 Å². The fourth-order valence-electron chi connectivity index (χ4n) is 2.36. The summed E-state index contributed by atoms with van der Waals surface area (Å²) in [6.45, 7) is 1.11. The highest BCUT2D eigenvalue weighted by Crippen LogP contribution is 2.38. The molecule has 0 aromatic heterocycles. The molecule has 0 aliphatic carbocycles. The number of carbonyl (C=O) groups is 4. The Hall–Kier alpha value is -2.53. The van der Waals surface area contributed by atoms with Gasteiger partial charge in [-0.15, -0.1) is 0 Å². The number of nitrogens with zero attached hydrogens (tertiary/aromatic N) is 1. The normalized spacial score (nSPS) is 16.0. The Labute approximate surface area is 179 Å². The largest absolute Gasteiger partial charge is 0.493 e. The van der Waals surface area contributed by atoms with Crippen molar-refractivity contribution in [2.45, 2.75) is 13.0 Å². The maximum absolute atomic E-state index is 12.6. The smallest absolute Gasteiger partial charge is 0.343 e. The second-order valence-corrected chi connectivity index (χ2v) is 7.49. The summed E-state index contributed by atoms with van der Waals surface area (Å²) < 4.78 is 20.3. The van der Waals surface area contributed by atoms with E-state index in [4.69, 9.17) is 9.47 Å². The van der Waals surface area contributed by atoms with Crippen LogP contribution in [0.2, 0.25) is 0 Å². The van der Waals surface area contributed by atoms with Gasteiger partial charge in [0, 0.05) is 4.47 Å². The number of benzene rings is 1. The third-order valence-corrected chi connectivity index (χ3v) is 5.47. The summed E-state index contributed by atoms with van der Waals surface area (Å²) in [5, 5.41) is -0.569. The van der Waals surface area contributed by atoms with Crippen molar-refractivity contribution < 1.29 is 38.1 Å². The molecule has 0 spiro atoms. The van der Waals surface area contributed by atoms with Gasteiger partial charge in [0.1, 0.15) is 6.04 Å². The number of thioether (sulfide) groups is 1. The van der Waals surface area contributed by atoms with E-state index >= 15 is 0 Å². The van der Waals surface area contributed by atoms with E-state index in [-0.39, 0.29) is 17.3 Å². The molecule has 0 N–H and O–H groups in total. The van der Waals surface area contributed by atoms with Crippen molar-refractivity contribution in [1.29, 1.82) is 0 Å². The Morgan fingerprint density at radius 2 is 1.86 bits per heavy atom. The molecule has 1 saturated heterocycles. The summed E-state index contributed by atoms with van der Waals surface area (Å²) in [6, 6.07) is 2.11. The van der Waals surface area contributed by atoms with Gasteiger partial charge in [0.2, 0.25) is 0 Å². The van der Waals surface area contributed by atoms with E-state index < -0.39 is 29.1 Å². The number of methoxy groups -OCH3 is 3. The number of esters is 2. The first-order valence-corrected chi connectivity index (χ1v) is 9.76. The molecule has 156 valence electrons. The van der Waals surface area contributed by atoms with Gasteiger partial charge in [0.25, 0.3) is 11.1 Å². The average molecular weight is 488 g/mol. The van der Waals surface area contributed by atoms with E-state index in [9.17, 15) is 19.2 Å². The lowest BCUT2D eigenvalue weighted by Crippen LogP contribution is -2.42. The third-order valence-electron chi connectivity index (χ3n) is 3.90. The Morgan fingerprint density at radius 1 is 1.17 bits per heavy atom. The van der Waals surface area contributed by atoms with Gasteiger partial charge in [0.05, 0.1) is 26.2 Å². The van der Waals surface area contributed by atoms with Crippen LogP contribution in [0.4, 0.5) is 4.79 Å². The number of hydrogen-bond donors (Lipinski definition) is 0. The molecule has 2 amide bonds. The van der Waals surface area contributed by atoms with Gasteiger partial charge >= 0.3 is 11.9 Å². The van der Waals surface area contributed by atoms with Crippen LogP contribution < -0.4 is 9.47 Å². The Morgan fingerprint density at radius 3 is 2.45 bits per heavy atom. The summed E-state index contributed by atoms with van der Waals surface area (Å²) in [5.41, 5.74) is 0.531. The first-order valence-electron chi connectivity index (χ1n) is 8.15. The Balaban J connectivity index is 2.32. The Kier molecular flexibility index (Phi) is 7.68. The Bertz CT molecular complexity index is 885. The van der Waals surface area contributed by atoms with Crippen LogP contribution in [0.25, 0.3) is 6.08 Å². The molecular formula is C18H18BrNO8S. The molecule has 1 aliphatic rings. The van der Waals surface area contributed by atoms with Crippen LogP contribution in [0.3, 0.4) is 0 Å². The highest BCUT2D eigenvalue weighted by Gasteiger charge is 2.41. The summed E-state index contributed by atoms with van der Waals surface area (Å²) in [7, 11) is 3.85. The number of hydrogen-bond acceptors (Lipinski definition) is 9. The van der Waals surface area contributed by atoms with Gasteiger partial charge in [-0.3, -0.25) is 14.5 Å². The van der Waals surface area contributed by atoms with Crippen molar-refractivity contribution in [2.75, 3.05) is 27.9 Å². The zero-order chi connectivity index (χ0) is 21.7. The number of halogens is 1. The van der Waals surface area contributed by atoms with Crippen LogP contribution in [-0.4, -0.2) is 62.0 Å². The lowest BCUT2D eigenvalue weighted by molar-refractivity contribution is -0.148. The standard InChI is InChI=1S/C18H18BrNO8S/c1-9(17(23)27-4)20-16(22)14(29-18(20)24)6-10-5-12(25-2)13(7-11(10)19)28-8-15(21)26-3/h5-7,9H,8H2,1-4H3/b14-6+/t9-/m1/s1. The highest BCUT2D eigenvalue weighted by atomic mass is 79.9. The van der Waals surface area contributed by atoms with Crippen molar-refractivity contribution in [3.8, 4) is 11.5 Å². The maximum atomic E-state index is 12.6. The minimum atomic E-state index is -1.04. The lowest BCUT2D eigenvalue weighted by atomic mass is 10.1. The zero-order valence-electron chi connectivity index (χ0n) is 16.0. The van der Waals surface area contributed by atoms with Gasteiger partial charge in [-0.05, 0) is 42.5 Å². The van der Waals surface area contributed by atoms with Crippen molar-refractivity contribution in [3.05, 3.63) is 27.1 Å². The van der Waals surface area contributed by atoms with Crippen molar-refractivity contribution in [1.82, 2.24) is 4.90 Å². The molecule has 2 rings (SSSR count). The summed E-state index contributed by atoms with van der Waals surface area (Å²) >= 11 is 4.08. The molecule has 1 fully saturated rings. The quantitative estimate of drug-likeness (QED) is 0.423. The van der Waals surface area contributed by atoms with Gasteiger partial charge in [-0.2, -0.15) is 0 Å². The van der Waals surface area contributed by atoms with Crippen LogP contribution in [0, 0.1) is 0 Å². The maximum Gasteiger partial charge on any atom is 0.343 e. The van der Waals surface area contributed by atoms with Crippen molar-refractivity contribution >= 4 is 56.9 Å². The number of rotatable bonds is 7. The fraction of sp³-hybridized carbons (Fsp3) is 0.333. The van der Waals surface area contributed by atoms with Crippen LogP contribution in [0.15, 0.2) is 21.5 Å². The number of ether oxygens (including phenoxy) is 4. The highest BCUT2D eigenvalue weighted by molar-refractivity contribution is 9.10. The SMILES string of the molecule is COC(=O)COc1cc(Br)c(/C=C2/SC(=O)N([C@H](C)C(=O)OC)C2=O)cc1OC. The average Bonchev–Trinajstić information content (AvgIpc) is 2.99. The molecule has 29 heavy (non-hydrogen) atoms. The van der Waals surface area contributed by atoms with E-state index in [0.717, 1.165) is 4.90 Å². The topological polar surface area (TPSA) is 108 Å². The molecular weight excluding hydrogens is 470 g/mol. The molecule has 0 saturated carbocycles. The predicted molar refractivity (Wildman–Crippen MR) is 107 cm³/mol. The van der Waals surface area contributed by atoms with Crippen LogP contribution in [-0.2, 0) is 23.9 Å². The monoisotopic (exact) mass is 487 g/mol. The molecule has 1 heterocycles. The molecule has 1 atom stereocenters. The molecule has 11 heteroatoms. The van der Waals surface area contributed by atoms with Crippen molar-refractivity contribution in [2.24, 2.45) is 0 Å².